The number of carbonyl (C=O) groups excluding carboxylic acids is 1. The molecule has 0 spiro atoms. The van der Waals surface area contributed by atoms with Gasteiger partial charge in [-0.1, -0.05) is 11.2 Å². The largest absolute Gasteiger partial charge is 0.359 e. The lowest BCUT2D eigenvalue weighted by Gasteiger charge is -2.04. The van der Waals surface area contributed by atoms with E-state index in [2.05, 4.69) is 20.8 Å². The van der Waals surface area contributed by atoms with Crippen LogP contribution in [0.1, 0.15) is 11.5 Å². The van der Waals surface area contributed by atoms with Crippen LogP contribution in [0.15, 0.2) is 33.6 Å². The monoisotopic (exact) mass is 320 g/mol. The Bertz CT molecular complexity index is 733. The molecule has 3 aromatic heterocycles. The van der Waals surface area contributed by atoms with Gasteiger partial charge in [0.25, 0.3) is 0 Å². The van der Waals surface area contributed by atoms with Gasteiger partial charge in [-0.2, -0.15) is 0 Å². The number of amides is 2. The third-order valence-corrected chi connectivity index (χ3v) is 4.64. The fourth-order valence-electron chi connectivity index (χ4n) is 1.66. The molecule has 0 saturated carbocycles. The van der Waals surface area contributed by atoms with Crippen molar-refractivity contribution in [2.24, 2.45) is 0 Å². The maximum atomic E-state index is 11.8. The van der Waals surface area contributed by atoms with Gasteiger partial charge in [-0.25, -0.2) is 9.78 Å². The number of nitrogens with zero attached hydrogens (tertiary/aromatic N) is 2. The number of thiazole rings is 1. The predicted octanol–water partition coefficient (Wildman–Crippen LogP) is 3.49. The lowest BCUT2D eigenvalue weighted by molar-refractivity contribution is 0.251. The van der Waals surface area contributed by atoms with E-state index in [9.17, 15) is 4.79 Å². The molecule has 0 aromatic carbocycles. The average molecular weight is 320 g/mol. The van der Waals surface area contributed by atoms with Crippen LogP contribution in [0, 0.1) is 6.92 Å². The van der Waals surface area contributed by atoms with Gasteiger partial charge in [0.2, 0.25) is 0 Å². The van der Waals surface area contributed by atoms with Gasteiger partial charge in [0.15, 0.2) is 5.76 Å². The lowest BCUT2D eigenvalue weighted by Crippen LogP contribution is -2.28. The standard InChI is InChI=1S/C13H12N4O2S2/c1-8-10(6-15-19-8)17-13(18)14-5-9-7-21-12(16-9)11-3-2-4-20-11/h2-4,6-7H,5H2,1H3,(H2,14,17,18). The Balaban J connectivity index is 1.56. The Morgan fingerprint density at radius 2 is 2.33 bits per heavy atom. The summed E-state index contributed by atoms with van der Waals surface area (Å²) in [5.41, 5.74) is 1.39. The first-order chi connectivity index (χ1) is 10.2. The van der Waals surface area contributed by atoms with Crippen molar-refractivity contribution in [1.29, 1.82) is 0 Å². The van der Waals surface area contributed by atoms with E-state index in [0.29, 0.717) is 18.0 Å². The second kappa shape index (κ2) is 6.06. The number of aryl methyl sites for hydroxylation is 1. The van der Waals surface area contributed by atoms with E-state index in [-0.39, 0.29) is 6.03 Å². The molecular formula is C13H12N4O2S2. The molecule has 0 saturated heterocycles. The van der Waals surface area contributed by atoms with Crippen molar-refractivity contribution < 1.29 is 9.32 Å². The molecule has 108 valence electrons. The molecule has 2 amide bonds. The highest BCUT2D eigenvalue weighted by Crippen LogP contribution is 2.27. The second-order valence-corrected chi connectivity index (χ2v) is 6.03. The maximum Gasteiger partial charge on any atom is 0.319 e. The third kappa shape index (κ3) is 3.29. The highest BCUT2D eigenvalue weighted by atomic mass is 32.1. The molecule has 0 aliphatic carbocycles. The summed E-state index contributed by atoms with van der Waals surface area (Å²) in [4.78, 5) is 17.4. The fourth-order valence-corrected chi connectivity index (χ4v) is 3.29. The number of nitrogens with one attached hydrogen (secondary N) is 2. The van der Waals surface area contributed by atoms with Crippen molar-refractivity contribution in [2.45, 2.75) is 13.5 Å². The summed E-state index contributed by atoms with van der Waals surface area (Å²) >= 11 is 3.22. The first kappa shape index (κ1) is 13.8. The van der Waals surface area contributed by atoms with Crippen molar-refractivity contribution >= 4 is 34.4 Å². The first-order valence-electron chi connectivity index (χ1n) is 6.17. The Kier molecular flexibility index (Phi) is 3.98. The minimum absolute atomic E-state index is 0.313. The molecule has 0 unspecified atom stereocenters. The van der Waals surface area contributed by atoms with Crippen LogP contribution in [-0.2, 0) is 6.54 Å². The van der Waals surface area contributed by atoms with E-state index >= 15 is 0 Å². The Morgan fingerprint density at radius 1 is 1.43 bits per heavy atom. The van der Waals surface area contributed by atoms with Crippen LogP contribution in [-0.4, -0.2) is 16.2 Å². The van der Waals surface area contributed by atoms with Crippen LogP contribution in [0.25, 0.3) is 9.88 Å². The molecule has 2 N–H and O–H groups in total. The molecule has 0 aliphatic rings. The number of anilines is 1. The van der Waals surface area contributed by atoms with Gasteiger partial charge < -0.3 is 15.2 Å². The number of thiophene rings is 1. The number of rotatable bonds is 4. The zero-order valence-corrected chi connectivity index (χ0v) is 12.8. The van der Waals surface area contributed by atoms with Gasteiger partial charge in [0.05, 0.1) is 23.3 Å². The molecular weight excluding hydrogens is 308 g/mol. The van der Waals surface area contributed by atoms with Crippen LogP contribution < -0.4 is 10.6 Å². The number of hydrogen-bond donors (Lipinski definition) is 2. The molecule has 3 aromatic rings. The molecule has 8 heteroatoms. The van der Waals surface area contributed by atoms with E-state index in [1.807, 2.05) is 22.9 Å². The maximum absolute atomic E-state index is 11.8. The molecule has 3 rings (SSSR count). The molecule has 0 atom stereocenters. The average Bonchev–Trinajstić information content (AvgIpc) is 3.18. The van der Waals surface area contributed by atoms with Crippen LogP contribution in [0.4, 0.5) is 10.5 Å². The van der Waals surface area contributed by atoms with Gasteiger partial charge in [-0.15, -0.1) is 22.7 Å². The van der Waals surface area contributed by atoms with Gasteiger partial charge >= 0.3 is 6.03 Å². The zero-order chi connectivity index (χ0) is 14.7. The van der Waals surface area contributed by atoms with Crippen molar-refractivity contribution in [3.05, 3.63) is 40.5 Å². The van der Waals surface area contributed by atoms with E-state index in [1.165, 1.54) is 6.20 Å². The number of aromatic nitrogens is 2. The predicted molar refractivity (Wildman–Crippen MR) is 82.5 cm³/mol. The summed E-state index contributed by atoms with van der Waals surface area (Å²) in [6.45, 7) is 2.11. The number of urea groups is 1. The molecule has 6 nitrogen and oxygen atoms in total. The van der Waals surface area contributed by atoms with Gasteiger partial charge in [-0.05, 0) is 18.4 Å². The Hall–Kier alpha value is -2.19. The number of carbonyl (C=O) groups is 1. The molecule has 21 heavy (non-hydrogen) atoms. The fraction of sp³-hybridized carbons (Fsp3) is 0.154. The minimum atomic E-state index is -0.313. The van der Waals surface area contributed by atoms with E-state index in [0.717, 1.165) is 15.6 Å². The topological polar surface area (TPSA) is 80.0 Å². The van der Waals surface area contributed by atoms with Crippen molar-refractivity contribution in [1.82, 2.24) is 15.5 Å². The summed E-state index contributed by atoms with van der Waals surface area (Å²) in [5.74, 6) is 0.568. The lowest BCUT2D eigenvalue weighted by atomic mass is 10.4. The normalized spacial score (nSPS) is 10.5. The summed E-state index contributed by atoms with van der Waals surface area (Å²) in [5, 5.41) is 13.9. The number of hydrogen-bond acceptors (Lipinski definition) is 6. The smallest absolute Gasteiger partial charge is 0.319 e. The van der Waals surface area contributed by atoms with Crippen molar-refractivity contribution in [3.8, 4) is 9.88 Å². The van der Waals surface area contributed by atoms with Crippen LogP contribution in [0.3, 0.4) is 0 Å². The van der Waals surface area contributed by atoms with Crippen LogP contribution in [0.5, 0.6) is 0 Å². The Labute approximate surface area is 128 Å². The molecule has 0 fully saturated rings. The molecule has 3 heterocycles. The second-order valence-electron chi connectivity index (χ2n) is 4.22. The summed E-state index contributed by atoms with van der Waals surface area (Å²) in [6.07, 6.45) is 1.46. The minimum Gasteiger partial charge on any atom is -0.359 e. The highest BCUT2D eigenvalue weighted by molar-refractivity contribution is 7.20. The third-order valence-electron chi connectivity index (χ3n) is 2.71. The van der Waals surface area contributed by atoms with Crippen molar-refractivity contribution in [2.75, 3.05) is 5.32 Å². The van der Waals surface area contributed by atoms with E-state index in [4.69, 9.17) is 4.52 Å². The summed E-state index contributed by atoms with van der Waals surface area (Å²) in [7, 11) is 0. The quantitative estimate of drug-likeness (QED) is 0.771. The highest BCUT2D eigenvalue weighted by Gasteiger charge is 2.09. The molecule has 0 aliphatic heterocycles. The van der Waals surface area contributed by atoms with Gasteiger partial charge in [-0.3, -0.25) is 0 Å². The van der Waals surface area contributed by atoms with Gasteiger partial charge in [0.1, 0.15) is 10.7 Å². The van der Waals surface area contributed by atoms with Crippen LogP contribution in [0.2, 0.25) is 0 Å². The zero-order valence-electron chi connectivity index (χ0n) is 11.1. The summed E-state index contributed by atoms with van der Waals surface area (Å²) < 4.78 is 4.87. The molecule has 0 radical (unpaired) electrons. The molecule has 0 bridgehead atoms. The van der Waals surface area contributed by atoms with Crippen LogP contribution >= 0.6 is 22.7 Å². The van der Waals surface area contributed by atoms with Gasteiger partial charge in [0, 0.05) is 5.38 Å². The van der Waals surface area contributed by atoms with Crippen molar-refractivity contribution in [3.63, 3.8) is 0 Å². The Morgan fingerprint density at radius 3 is 3.05 bits per heavy atom. The van der Waals surface area contributed by atoms with E-state index in [1.54, 1.807) is 29.6 Å². The first-order valence-corrected chi connectivity index (χ1v) is 7.92. The van der Waals surface area contributed by atoms with E-state index < -0.39 is 0 Å². The SMILES string of the molecule is Cc1oncc1NC(=O)NCc1csc(-c2cccs2)n1. The summed E-state index contributed by atoms with van der Waals surface area (Å²) in [6, 6.07) is 3.71.